The molecule has 5 rings (SSSR count). The Balaban J connectivity index is 1.58. The summed E-state index contributed by atoms with van der Waals surface area (Å²) in [4.78, 5) is 41.0. The van der Waals surface area contributed by atoms with Gasteiger partial charge < -0.3 is 5.73 Å². The third kappa shape index (κ3) is 4.17. The van der Waals surface area contributed by atoms with Gasteiger partial charge in [0.1, 0.15) is 6.33 Å². The van der Waals surface area contributed by atoms with Crippen LogP contribution in [0.1, 0.15) is 26.4 Å². The largest absolute Gasteiger partial charge is 0.324 e. The number of ketones is 2. The van der Waals surface area contributed by atoms with Crippen LogP contribution in [0.5, 0.6) is 0 Å². The van der Waals surface area contributed by atoms with E-state index in [4.69, 9.17) is 5.73 Å². The van der Waals surface area contributed by atoms with Crippen LogP contribution in [0.25, 0.3) is 27.9 Å². The Kier molecular flexibility index (Phi) is 5.93. The summed E-state index contributed by atoms with van der Waals surface area (Å²) in [6.07, 6.45) is 1.48. The zero-order valence-corrected chi connectivity index (χ0v) is 19.0. The van der Waals surface area contributed by atoms with Gasteiger partial charge >= 0.3 is 0 Å². The first-order valence-electron chi connectivity index (χ1n) is 11.2. The van der Waals surface area contributed by atoms with Crippen LogP contribution in [-0.2, 0) is 0 Å². The standard InChI is InChI=1S/C28H20N4O4/c29-16-27(33)23-14-26(28(34)21-7-4-8-22(13-21)32(35)36)31-17-30-24(15-25(23)31)20-11-9-19(10-12-20)18-5-2-1-3-6-18/h1-15,17H,16,29H2. The van der Waals surface area contributed by atoms with Crippen LogP contribution in [0, 0.1) is 10.1 Å². The van der Waals surface area contributed by atoms with Gasteiger partial charge in [0.05, 0.1) is 28.4 Å². The Hall–Kier alpha value is -4.95. The van der Waals surface area contributed by atoms with E-state index in [0.717, 1.165) is 16.7 Å². The second-order valence-corrected chi connectivity index (χ2v) is 8.18. The van der Waals surface area contributed by atoms with E-state index >= 15 is 0 Å². The average molecular weight is 476 g/mol. The number of fused-ring (bicyclic) bond motifs is 1. The van der Waals surface area contributed by atoms with Crippen LogP contribution in [-0.4, -0.2) is 32.4 Å². The summed E-state index contributed by atoms with van der Waals surface area (Å²) in [5, 5.41) is 11.2. The van der Waals surface area contributed by atoms with Crippen molar-refractivity contribution in [1.29, 1.82) is 0 Å². The van der Waals surface area contributed by atoms with Gasteiger partial charge in [0.15, 0.2) is 5.78 Å². The van der Waals surface area contributed by atoms with E-state index in [1.165, 1.54) is 41.1 Å². The highest BCUT2D eigenvalue weighted by atomic mass is 16.6. The number of aromatic nitrogens is 2. The molecule has 8 nitrogen and oxygen atoms in total. The molecule has 5 aromatic rings. The first kappa shape index (κ1) is 22.8. The Morgan fingerprint density at radius 2 is 1.56 bits per heavy atom. The smallest absolute Gasteiger partial charge is 0.270 e. The average Bonchev–Trinajstić information content (AvgIpc) is 3.31. The van der Waals surface area contributed by atoms with Crippen molar-refractivity contribution in [2.24, 2.45) is 5.73 Å². The van der Waals surface area contributed by atoms with Gasteiger partial charge in [-0.3, -0.25) is 24.1 Å². The number of hydrogen-bond acceptors (Lipinski definition) is 6. The number of nitro groups is 1. The molecule has 0 amide bonds. The van der Waals surface area contributed by atoms with Crippen molar-refractivity contribution < 1.29 is 14.5 Å². The Morgan fingerprint density at radius 3 is 2.25 bits per heavy atom. The molecule has 2 N–H and O–H groups in total. The fourth-order valence-corrected chi connectivity index (χ4v) is 4.14. The van der Waals surface area contributed by atoms with E-state index in [1.807, 2.05) is 54.6 Å². The van der Waals surface area contributed by atoms with E-state index in [0.29, 0.717) is 11.2 Å². The van der Waals surface area contributed by atoms with Crippen LogP contribution < -0.4 is 5.73 Å². The van der Waals surface area contributed by atoms with Crippen molar-refractivity contribution in [1.82, 2.24) is 9.38 Å². The van der Waals surface area contributed by atoms with E-state index < -0.39 is 10.7 Å². The van der Waals surface area contributed by atoms with Crippen molar-refractivity contribution >= 4 is 22.8 Å². The number of hydrogen-bond donors (Lipinski definition) is 1. The third-order valence-electron chi connectivity index (χ3n) is 5.99. The van der Waals surface area contributed by atoms with Crippen LogP contribution in [0.3, 0.4) is 0 Å². The molecule has 0 spiro atoms. The zero-order chi connectivity index (χ0) is 25.2. The first-order valence-corrected chi connectivity index (χ1v) is 11.2. The monoisotopic (exact) mass is 476 g/mol. The molecule has 8 heteroatoms. The summed E-state index contributed by atoms with van der Waals surface area (Å²) < 4.78 is 1.52. The molecule has 176 valence electrons. The predicted molar refractivity (Wildman–Crippen MR) is 136 cm³/mol. The summed E-state index contributed by atoms with van der Waals surface area (Å²) in [5.74, 6) is -0.797. The molecule has 0 aliphatic carbocycles. The van der Waals surface area contributed by atoms with E-state index in [2.05, 4.69) is 4.98 Å². The van der Waals surface area contributed by atoms with Crippen LogP contribution >= 0.6 is 0 Å². The molecule has 2 heterocycles. The van der Waals surface area contributed by atoms with E-state index in [-0.39, 0.29) is 34.8 Å². The number of rotatable bonds is 7. The maximum Gasteiger partial charge on any atom is 0.270 e. The van der Waals surface area contributed by atoms with Gasteiger partial charge in [0.25, 0.3) is 5.69 Å². The molecule has 0 aliphatic heterocycles. The van der Waals surface area contributed by atoms with Crippen LogP contribution in [0.2, 0.25) is 0 Å². The van der Waals surface area contributed by atoms with E-state index in [1.54, 1.807) is 6.07 Å². The van der Waals surface area contributed by atoms with Gasteiger partial charge in [0.2, 0.25) is 5.78 Å². The summed E-state index contributed by atoms with van der Waals surface area (Å²) in [5.41, 5.74) is 10.1. The number of nitro benzene ring substituents is 1. The molecule has 2 aromatic heterocycles. The Bertz CT molecular complexity index is 1620. The topological polar surface area (TPSA) is 121 Å². The number of carbonyl (C=O) groups excluding carboxylic acids is 2. The highest BCUT2D eigenvalue weighted by Gasteiger charge is 2.22. The minimum absolute atomic E-state index is 0.135. The number of Topliss-reactive ketones (excluding diaryl/α,β-unsaturated/α-hetero) is 1. The molecular formula is C28H20N4O4. The molecule has 0 unspecified atom stereocenters. The van der Waals surface area contributed by atoms with Crippen molar-refractivity contribution in [3.8, 4) is 22.4 Å². The lowest BCUT2D eigenvalue weighted by Crippen LogP contribution is -2.13. The molecule has 0 atom stereocenters. The number of non-ortho nitro benzene ring substituents is 1. The van der Waals surface area contributed by atoms with Crippen molar-refractivity contribution in [2.45, 2.75) is 0 Å². The molecule has 0 saturated heterocycles. The molecule has 0 saturated carbocycles. The van der Waals surface area contributed by atoms with Crippen molar-refractivity contribution in [3.05, 3.63) is 124 Å². The van der Waals surface area contributed by atoms with Crippen molar-refractivity contribution in [3.63, 3.8) is 0 Å². The number of nitrogens with zero attached hydrogens (tertiary/aromatic N) is 3. The number of nitrogens with two attached hydrogens (primary N) is 1. The Labute approximate surface area is 205 Å². The van der Waals surface area contributed by atoms with E-state index in [9.17, 15) is 19.7 Å². The van der Waals surface area contributed by atoms with Crippen LogP contribution in [0.4, 0.5) is 5.69 Å². The van der Waals surface area contributed by atoms with Gasteiger partial charge in [-0.25, -0.2) is 4.98 Å². The minimum Gasteiger partial charge on any atom is -0.324 e. The SMILES string of the molecule is NCC(=O)c1cc(C(=O)c2cccc([N+](=O)[O-])c2)n2cnc(-c3ccc(-c4ccccc4)cc3)cc12. The zero-order valence-electron chi connectivity index (χ0n) is 19.0. The quantitative estimate of drug-likeness (QED) is 0.202. The fourth-order valence-electron chi connectivity index (χ4n) is 4.14. The lowest BCUT2D eigenvalue weighted by Gasteiger charge is -2.07. The highest BCUT2D eigenvalue weighted by molar-refractivity contribution is 6.13. The summed E-state index contributed by atoms with van der Waals surface area (Å²) in [7, 11) is 0. The Morgan fingerprint density at radius 1 is 0.861 bits per heavy atom. The predicted octanol–water partition coefficient (Wildman–Crippen LogP) is 4.95. The second-order valence-electron chi connectivity index (χ2n) is 8.18. The number of benzene rings is 3. The maximum atomic E-state index is 13.3. The highest BCUT2D eigenvalue weighted by Crippen LogP contribution is 2.27. The van der Waals surface area contributed by atoms with Crippen molar-refractivity contribution in [2.75, 3.05) is 6.54 Å². The lowest BCUT2D eigenvalue weighted by molar-refractivity contribution is -0.384. The van der Waals surface area contributed by atoms with Crippen LogP contribution in [0.15, 0.2) is 97.3 Å². The van der Waals surface area contributed by atoms with Gasteiger partial charge in [0, 0.05) is 28.8 Å². The van der Waals surface area contributed by atoms with Gasteiger partial charge in [-0.2, -0.15) is 0 Å². The molecule has 36 heavy (non-hydrogen) atoms. The molecule has 0 radical (unpaired) electrons. The first-order chi connectivity index (χ1) is 17.5. The summed E-state index contributed by atoms with van der Waals surface area (Å²) in [6, 6.07) is 26.6. The van der Waals surface area contributed by atoms with Gasteiger partial charge in [-0.1, -0.05) is 66.7 Å². The molecular weight excluding hydrogens is 456 g/mol. The lowest BCUT2D eigenvalue weighted by atomic mass is 10.0. The fraction of sp³-hybridized carbons (Fsp3) is 0.0357. The molecule has 0 aliphatic rings. The number of carbonyl (C=O) groups is 2. The normalized spacial score (nSPS) is 10.9. The summed E-state index contributed by atoms with van der Waals surface area (Å²) >= 11 is 0. The maximum absolute atomic E-state index is 13.3. The van der Waals surface area contributed by atoms with Gasteiger partial charge in [-0.05, 0) is 23.3 Å². The molecule has 3 aromatic carbocycles. The molecule has 0 bridgehead atoms. The molecule has 0 fully saturated rings. The third-order valence-corrected chi connectivity index (χ3v) is 5.99. The minimum atomic E-state index is -0.562. The van der Waals surface area contributed by atoms with Gasteiger partial charge in [-0.15, -0.1) is 0 Å². The summed E-state index contributed by atoms with van der Waals surface area (Å²) in [6.45, 7) is -0.229. The second kappa shape index (κ2) is 9.36.